The zero-order valence-electron chi connectivity index (χ0n) is 21.1. The van der Waals surface area contributed by atoms with Crippen LogP contribution in [0.2, 0.25) is 0 Å². The maximum Gasteiger partial charge on any atom is 0.472 e. The van der Waals surface area contributed by atoms with Crippen molar-refractivity contribution in [2.24, 2.45) is 5.11 Å². The highest BCUT2D eigenvalue weighted by atomic mass is 31.2. The van der Waals surface area contributed by atoms with Gasteiger partial charge in [0.15, 0.2) is 11.8 Å². The molecule has 0 aromatic carbocycles. The number of H-pyrrole nitrogens is 2. The molecule has 0 bridgehead atoms. The summed E-state index contributed by atoms with van der Waals surface area (Å²) in [6.07, 6.45) is 7.90. The molecule has 1 saturated heterocycles. The lowest BCUT2D eigenvalue weighted by atomic mass is 10.1. The van der Waals surface area contributed by atoms with Gasteiger partial charge >= 0.3 is 19.2 Å². The van der Waals surface area contributed by atoms with Crippen molar-refractivity contribution in [1.29, 1.82) is 0 Å². The van der Waals surface area contributed by atoms with Gasteiger partial charge in [-0.3, -0.25) is 37.7 Å². The van der Waals surface area contributed by atoms with E-state index < -0.39 is 73.7 Å². The van der Waals surface area contributed by atoms with Crippen molar-refractivity contribution in [1.82, 2.24) is 19.1 Å². The van der Waals surface area contributed by atoms with Crippen LogP contribution in [0.25, 0.3) is 10.4 Å². The molecule has 17 nitrogen and oxygen atoms in total. The fourth-order valence-corrected chi connectivity index (χ4v) is 4.83. The van der Waals surface area contributed by atoms with Gasteiger partial charge in [0.1, 0.15) is 12.8 Å². The summed E-state index contributed by atoms with van der Waals surface area (Å²) in [5.41, 5.74) is 5.12. The summed E-state index contributed by atoms with van der Waals surface area (Å²) in [6.45, 7) is 1.76. The number of phosphoric acid groups is 1. The van der Waals surface area contributed by atoms with Gasteiger partial charge in [-0.2, -0.15) is 0 Å². The molecule has 0 amide bonds. The maximum atomic E-state index is 12.6. The first-order valence-corrected chi connectivity index (χ1v) is 13.2. The molecule has 0 spiro atoms. The normalized spacial score (nSPS) is 27.1. The molecule has 2 aliphatic heterocycles. The minimum absolute atomic E-state index is 0.0177. The van der Waals surface area contributed by atoms with Crippen LogP contribution in [0.15, 0.2) is 48.8 Å². The van der Waals surface area contributed by atoms with Gasteiger partial charge in [0, 0.05) is 34.9 Å². The highest BCUT2D eigenvalue weighted by molar-refractivity contribution is 7.47. The Kier molecular flexibility index (Phi) is 8.15. The number of phosphoric ester groups is 1. The standard InChI is InChI=1S/C22H24N7O10P/c1-4-22(6-5-16(39-22)28-8-12(2)18(30)24-20(28)32)11-37-40(34,35)36-10-15-14(26-27-23)7-17(38-15)29-9-13(3)19(31)25-21(29)33/h1,5-6,8-9,14-17H,7,10-11H2,2-3H3,(H,34,35)(H,24,30,32)(H,25,31,33)/t14-,15+,16?,17?,22+/m1/s1. The van der Waals surface area contributed by atoms with Crippen LogP contribution in [-0.2, 0) is 23.1 Å². The number of aryl methyl sites for hydroxylation is 2. The van der Waals surface area contributed by atoms with E-state index in [1.165, 1.54) is 38.4 Å². The van der Waals surface area contributed by atoms with E-state index >= 15 is 0 Å². The number of nitrogens with zero attached hydrogens (tertiary/aromatic N) is 5. The molecule has 18 heteroatoms. The van der Waals surface area contributed by atoms with Crippen LogP contribution in [0.3, 0.4) is 0 Å². The van der Waals surface area contributed by atoms with Crippen molar-refractivity contribution >= 4 is 7.82 Å². The van der Waals surface area contributed by atoms with Crippen LogP contribution in [0.5, 0.6) is 0 Å². The molecule has 6 atom stereocenters. The average Bonchev–Trinajstić information content (AvgIpc) is 3.51. The zero-order chi connectivity index (χ0) is 29.2. The first-order valence-electron chi connectivity index (χ1n) is 11.7. The second-order valence-corrected chi connectivity index (χ2v) is 10.5. The third-order valence-electron chi connectivity index (χ3n) is 6.23. The third-order valence-corrected chi connectivity index (χ3v) is 7.16. The summed E-state index contributed by atoms with van der Waals surface area (Å²) >= 11 is 0. The molecule has 3 unspecified atom stereocenters. The van der Waals surface area contributed by atoms with E-state index in [4.69, 9.17) is 30.5 Å². The summed E-state index contributed by atoms with van der Waals surface area (Å²) in [5, 5.41) is 3.61. The molecule has 0 saturated carbocycles. The Morgan fingerprint density at radius 1 is 1.20 bits per heavy atom. The first-order chi connectivity index (χ1) is 18.9. The summed E-state index contributed by atoms with van der Waals surface area (Å²) in [5.74, 6) is 2.31. The van der Waals surface area contributed by atoms with Crippen LogP contribution < -0.4 is 22.5 Å². The van der Waals surface area contributed by atoms with Gasteiger partial charge in [-0.15, -0.1) is 6.42 Å². The van der Waals surface area contributed by atoms with Crippen LogP contribution in [0.1, 0.15) is 30.0 Å². The van der Waals surface area contributed by atoms with Gasteiger partial charge < -0.3 is 14.4 Å². The molecule has 4 heterocycles. The number of nitrogens with one attached hydrogen (secondary N) is 2. The number of aromatic nitrogens is 4. The van der Waals surface area contributed by atoms with Crippen molar-refractivity contribution in [2.45, 2.75) is 50.5 Å². The Balaban J connectivity index is 1.40. The predicted molar refractivity (Wildman–Crippen MR) is 136 cm³/mol. The fraction of sp³-hybridized carbons (Fsp3) is 0.455. The molecule has 2 aromatic heterocycles. The molecule has 0 radical (unpaired) electrons. The molecule has 2 aliphatic rings. The number of rotatable bonds is 9. The maximum absolute atomic E-state index is 12.6. The Labute approximate surface area is 224 Å². The average molecular weight is 577 g/mol. The lowest BCUT2D eigenvalue weighted by Crippen LogP contribution is -2.37. The Bertz CT molecular complexity index is 1710. The quantitative estimate of drug-likeness (QED) is 0.0918. The summed E-state index contributed by atoms with van der Waals surface area (Å²) in [7, 11) is -4.79. The van der Waals surface area contributed by atoms with Gasteiger partial charge in [0.2, 0.25) is 0 Å². The number of hydrogen-bond acceptors (Lipinski definition) is 10. The molecule has 40 heavy (non-hydrogen) atoms. The molecular weight excluding hydrogens is 553 g/mol. The van der Waals surface area contributed by atoms with Gasteiger partial charge in [-0.05, 0) is 31.5 Å². The molecule has 2 aromatic rings. The lowest BCUT2D eigenvalue weighted by molar-refractivity contribution is -0.0555. The number of azide groups is 1. The van der Waals surface area contributed by atoms with Gasteiger partial charge in [0.25, 0.3) is 11.1 Å². The Hall–Kier alpha value is -4.00. The van der Waals surface area contributed by atoms with E-state index in [2.05, 4.69) is 25.9 Å². The van der Waals surface area contributed by atoms with E-state index in [1.54, 1.807) is 0 Å². The van der Waals surface area contributed by atoms with Gasteiger partial charge in [-0.25, -0.2) is 14.2 Å². The number of ether oxygens (including phenoxy) is 2. The first kappa shape index (κ1) is 29.0. The van der Waals surface area contributed by atoms with Crippen LogP contribution in [-0.4, -0.2) is 55.0 Å². The van der Waals surface area contributed by atoms with Gasteiger partial charge in [0.05, 0.1) is 18.8 Å². The number of terminal acetylenes is 1. The molecule has 212 valence electrons. The van der Waals surface area contributed by atoms with Crippen molar-refractivity contribution in [3.05, 3.63) is 87.8 Å². The SMILES string of the molecule is C#C[C@@]1(COP(=O)(O)OC[C@@H]2OC(n3cc(C)c(=O)[nH]c3=O)C[C@H]2N=[N+]=[N-])C=CC(n2cc(C)c(=O)[nH]c2=O)O1. The molecular formula is C22H24N7O10P. The molecule has 4 rings (SSSR count). The summed E-state index contributed by atoms with van der Waals surface area (Å²) < 4.78 is 36.4. The largest absolute Gasteiger partial charge is 0.472 e. The fourth-order valence-electron chi connectivity index (χ4n) is 4.07. The molecule has 0 aliphatic carbocycles. The Morgan fingerprint density at radius 3 is 2.45 bits per heavy atom. The van der Waals surface area contributed by atoms with Crippen LogP contribution >= 0.6 is 7.82 Å². The monoisotopic (exact) mass is 577 g/mol. The smallest absolute Gasteiger partial charge is 0.352 e. The second-order valence-electron chi connectivity index (χ2n) is 9.03. The van der Waals surface area contributed by atoms with E-state index in [-0.39, 0.29) is 17.5 Å². The second kappa shape index (κ2) is 11.2. The molecule has 1 fully saturated rings. The lowest BCUT2D eigenvalue weighted by Gasteiger charge is -2.25. The predicted octanol–water partition coefficient (Wildman–Crippen LogP) is 0.261. The minimum Gasteiger partial charge on any atom is -0.352 e. The van der Waals surface area contributed by atoms with E-state index in [9.17, 15) is 28.6 Å². The third kappa shape index (κ3) is 6.09. The van der Waals surface area contributed by atoms with E-state index in [0.29, 0.717) is 0 Å². The van der Waals surface area contributed by atoms with E-state index in [1.807, 2.05) is 0 Å². The Morgan fingerprint density at radius 2 is 1.82 bits per heavy atom. The van der Waals surface area contributed by atoms with Crippen LogP contribution in [0, 0.1) is 26.2 Å². The molecule has 3 N–H and O–H groups in total. The minimum atomic E-state index is -4.79. The van der Waals surface area contributed by atoms with E-state index in [0.717, 1.165) is 9.13 Å². The highest BCUT2D eigenvalue weighted by Crippen LogP contribution is 2.46. The van der Waals surface area contributed by atoms with Crippen LogP contribution in [0.4, 0.5) is 0 Å². The topological polar surface area (TPSA) is 233 Å². The van der Waals surface area contributed by atoms with Crippen molar-refractivity contribution in [3.8, 4) is 12.3 Å². The van der Waals surface area contributed by atoms with Crippen molar-refractivity contribution in [2.75, 3.05) is 13.2 Å². The van der Waals surface area contributed by atoms with Crippen molar-refractivity contribution in [3.63, 3.8) is 0 Å². The highest BCUT2D eigenvalue weighted by Gasteiger charge is 2.41. The summed E-state index contributed by atoms with van der Waals surface area (Å²) in [6, 6.07) is -0.882. The summed E-state index contributed by atoms with van der Waals surface area (Å²) in [4.78, 5) is 65.0. The zero-order valence-corrected chi connectivity index (χ0v) is 22.0. The van der Waals surface area contributed by atoms with Gasteiger partial charge in [-0.1, -0.05) is 11.0 Å². The number of aromatic amines is 2. The van der Waals surface area contributed by atoms with Crippen molar-refractivity contribution < 1.29 is 28.0 Å². The number of hydrogen-bond donors (Lipinski definition) is 3.